The molecule has 0 amide bonds. The van der Waals surface area contributed by atoms with E-state index in [9.17, 15) is 43.5 Å². The van der Waals surface area contributed by atoms with Crippen LogP contribution < -0.4 is 0 Å². The first-order valence-electron chi connectivity index (χ1n) is 43.7. The van der Waals surface area contributed by atoms with Crippen LogP contribution in [0.4, 0.5) is 0 Å². The van der Waals surface area contributed by atoms with Crippen molar-refractivity contribution in [1.82, 2.24) is 0 Å². The van der Waals surface area contributed by atoms with Crippen LogP contribution in [0.5, 0.6) is 0 Å². The zero-order valence-corrected chi connectivity index (χ0v) is 72.3. The Bertz CT molecular complexity index is 2830. The molecule has 0 aliphatic rings. The highest BCUT2D eigenvalue weighted by Gasteiger charge is 2.29. The second-order valence-corrected chi connectivity index (χ2v) is 31.5. The van der Waals surface area contributed by atoms with Crippen LogP contribution in [0.15, 0.2) is 194 Å². The molecule has 0 fully saturated rings. The van der Waals surface area contributed by atoms with Crippen molar-refractivity contribution in [2.24, 2.45) is 0 Å². The topological polar surface area (TPSA) is 231 Å². The number of allylic oxidation sites excluding steroid dienone is 32. The van der Waals surface area contributed by atoms with E-state index in [4.69, 9.17) is 32.3 Å². The Hall–Kier alpha value is -5.61. The average Bonchev–Trinajstić information content (AvgIpc) is 0.899. The molecule has 4 N–H and O–H groups in total. The lowest BCUT2D eigenvalue weighted by atomic mass is 10.1. The number of carbonyl (C=O) groups is 3. The Morgan fingerprint density at radius 2 is 0.469 bits per heavy atom. The number of phosphoric ester groups is 2. The molecule has 0 aliphatic carbocycles. The number of aliphatic hydroxyl groups is 2. The van der Waals surface area contributed by atoms with Crippen molar-refractivity contribution in [3.63, 3.8) is 0 Å². The van der Waals surface area contributed by atoms with Crippen molar-refractivity contribution >= 4 is 33.6 Å². The van der Waals surface area contributed by atoms with Crippen LogP contribution in [0, 0.1) is 0 Å². The fourth-order valence-corrected chi connectivity index (χ4v) is 12.8. The van der Waals surface area contributed by atoms with Crippen LogP contribution in [0.3, 0.4) is 0 Å². The van der Waals surface area contributed by atoms with Gasteiger partial charge in [-0.3, -0.25) is 32.5 Å². The molecule has 18 heteroatoms. The maximum absolute atomic E-state index is 13.1. The van der Waals surface area contributed by atoms with Gasteiger partial charge in [-0.25, -0.2) is 9.13 Å². The molecule has 0 spiro atoms. The van der Waals surface area contributed by atoms with Gasteiger partial charge in [-0.2, -0.15) is 0 Å². The highest BCUT2D eigenvalue weighted by Crippen LogP contribution is 2.45. The van der Waals surface area contributed by atoms with E-state index in [0.29, 0.717) is 19.3 Å². The van der Waals surface area contributed by atoms with E-state index >= 15 is 0 Å². The molecule has 5 unspecified atom stereocenters. The van der Waals surface area contributed by atoms with Gasteiger partial charge < -0.3 is 34.2 Å². The number of esters is 3. The monoisotopic (exact) mass is 1620 g/mol. The number of phosphoric acid groups is 2. The van der Waals surface area contributed by atoms with Crippen LogP contribution >= 0.6 is 15.6 Å². The summed E-state index contributed by atoms with van der Waals surface area (Å²) in [5, 5.41) is 20.7. The van der Waals surface area contributed by atoms with E-state index in [2.05, 4.69) is 215 Å². The normalized spacial score (nSPS) is 14.8. The van der Waals surface area contributed by atoms with Gasteiger partial charge in [0.1, 0.15) is 25.4 Å². The first kappa shape index (κ1) is 107. The first-order chi connectivity index (χ1) is 55.2. The van der Waals surface area contributed by atoms with Crippen LogP contribution in [-0.4, -0.2) is 95.9 Å². The number of hydrogen-bond donors (Lipinski definition) is 4. The van der Waals surface area contributed by atoms with Gasteiger partial charge in [0.15, 0.2) is 6.10 Å². The van der Waals surface area contributed by atoms with E-state index in [1.54, 1.807) is 0 Å². The average molecular weight is 1620 g/mol. The summed E-state index contributed by atoms with van der Waals surface area (Å²) in [4.78, 5) is 58.9. The van der Waals surface area contributed by atoms with Gasteiger partial charge in [0.05, 0.1) is 26.4 Å². The lowest BCUT2D eigenvalue weighted by Crippen LogP contribution is -2.30. The molecule has 0 rings (SSSR count). The zero-order chi connectivity index (χ0) is 82.2. The number of rotatable bonds is 81. The second-order valence-electron chi connectivity index (χ2n) is 28.6. The Labute approximate surface area is 687 Å². The standard InChI is InChI=1S/C95H156O16P2/c1-4-7-10-13-16-19-22-25-28-31-34-37-40-42-43-44-45-47-50-51-54-57-60-63-66-69-72-75-78-81-93(98)105-84-90(96)85-107-112(101,102)108-86-91(97)87-109-113(103,104)110-89-92(111-95(100)83-80-77-74-71-68-65-62-59-56-53-48-39-36-33-30-27-24-21-18-15-12-9-6-3)88-106-94(99)82-79-76-73-70-67-64-61-58-55-52-49-46-41-38-35-32-29-26-23-20-17-14-11-8-5-2/h7,9-10,12,16-21,25-30,34-39,42-43,45-47,49,53,56,62,65,90-92,96-97H,4-6,8,11,13-15,22-24,31-33,40-41,44,48,50-52,54-55,57-61,63-64,66-89H2,1-3H3,(H,101,102)(H,103,104)/b10-7-,12-9-,19-16-,20-17-,21-18-,28-25-,29-26-,30-27-,37-34-,38-35-,39-36-,43-42-,47-45-,49-46-,56-53-,65-62-. The van der Waals surface area contributed by atoms with Crippen molar-refractivity contribution in [1.29, 1.82) is 0 Å². The Morgan fingerprint density at radius 3 is 0.743 bits per heavy atom. The molecule has 0 aromatic rings. The lowest BCUT2D eigenvalue weighted by Gasteiger charge is -2.21. The highest BCUT2D eigenvalue weighted by atomic mass is 31.2. The minimum atomic E-state index is -4.96. The molecular weight excluding hydrogens is 1460 g/mol. The van der Waals surface area contributed by atoms with Crippen molar-refractivity contribution in [3.05, 3.63) is 194 Å². The second kappa shape index (κ2) is 85.8. The molecule has 0 aliphatic heterocycles. The maximum atomic E-state index is 13.1. The van der Waals surface area contributed by atoms with Gasteiger partial charge >= 0.3 is 33.6 Å². The van der Waals surface area contributed by atoms with Gasteiger partial charge in [-0.1, -0.05) is 337 Å². The van der Waals surface area contributed by atoms with Crippen LogP contribution in [0.25, 0.3) is 0 Å². The summed E-state index contributed by atoms with van der Waals surface area (Å²) in [5.41, 5.74) is 0. The predicted octanol–water partition coefficient (Wildman–Crippen LogP) is 26.7. The Kier molecular flexibility index (Phi) is 81.5. The molecule has 0 heterocycles. The number of aliphatic hydroxyl groups excluding tert-OH is 2. The van der Waals surface area contributed by atoms with Crippen LogP contribution in [0.2, 0.25) is 0 Å². The molecule has 642 valence electrons. The van der Waals surface area contributed by atoms with Gasteiger partial charge in [-0.05, 0) is 167 Å². The Morgan fingerprint density at radius 1 is 0.257 bits per heavy atom. The van der Waals surface area contributed by atoms with Crippen molar-refractivity contribution < 1.29 is 75.8 Å². The first-order valence-corrected chi connectivity index (χ1v) is 46.7. The molecule has 0 aromatic carbocycles. The minimum absolute atomic E-state index is 0.0661. The third-order valence-corrected chi connectivity index (χ3v) is 19.7. The number of hydrogen-bond acceptors (Lipinski definition) is 14. The molecular formula is C95H156O16P2. The molecule has 0 saturated carbocycles. The summed E-state index contributed by atoms with van der Waals surface area (Å²) in [6, 6.07) is 0. The van der Waals surface area contributed by atoms with E-state index < -0.39 is 91.5 Å². The summed E-state index contributed by atoms with van der Waals surface area (Å²) >= 11 is 0. The summed E-state index contributed by atoms with van der Waals surface area (Å²) < 4.78 is 61.4. The molecule has 16 nitrogen and oxygen atoms in total. The third kappa shape index (κ3) is 87.1. The fraction of sp³-hybridized carbons (Fsp3) is 0.632. The summed E-state index contributed by atoms with van der Waals surface area (Å²) in [6.45, 7) is 2.39. The molecule has 0 aromatic heterocycles. The predicted molar refractivity (Wildman–Crippen MR) is 472 cm³/mol. The molecule has 0 radical (unpaired) electrons. The van der Waals surface area contributed by atoms with Crippen LogP contribution in [-0.2, 0) is 55.8 Å². The SMILES string of the molecule is CC/C=C\C/C=C\C/C=C\C/C=C\C/C=C\C/C=C\CCCCCCCCCCCCC(=O)OCC(O)COP(=O)(O)OCC(O)COP(=O)(O)OCC(COC(=O)CCCCCCCCCCC/C=C\C/C=C\C/C=C\C/C=C\CCCCC)OC(=O)CCCCCC/C=C\C/C=C\C/C=C\C/C=C\C/C=C\C/C=C\CC. The van der Waals surface area contributed by atoms with Crippen molar-refractivity contribution in [2.45, 2.75) is 347 Å². The third-order valence-electron chi connectivity index (χ3n) is 17.8. The van der Waals surface area contributed by atoms with E-state index in [-0.39, 0.29) is 19.3 Å². The van der Waals surface area contributed by atoms with E-state index in [1.807, 2.05) is 0 Å². The molecule has 0 saturated heterocycles. The molecule has 113 heavy (non-hydrogen) atoms. The maximum Gasteiger partial charge on any atom is 0.472 e. The van der Waals surface area contributed by atoms with Gasteiger partial charge in [0, 0.05) is 19.3 Å². The smallest absolute Gasteiger partial charge is 0.463 e. The van der Waals surface area contributed by atoms with E-state index in [0.717, 1.165) is 186 Å². The number of unbranched alkanes of at least 4 members (excludes halogenated alkanes) is 26. The summed E-state index contributed by atoms with van der Waals surface area (Å²) in [7, 11) is -9.83. The summed E-state index contributed by atoms with van der Waals surface area (Å²) in [5.74, 6) is -1.62. The van der Waals surface area contributed by atoms with Gasteiger partial charge in [-0.15, -0.1) is 0 Å². The number of carbonyl (C=O) groups excluding carboxylic acids is 3. The van der Waals surface area contributed by atoms with Crippen molar-refractivity contribution in [3.8, 4) is 0 Å². The quantitative estimate of drug-likeness (QED) is 0.0146. The Balaban J connectivity index is 4.70. The summed E-state index contributed by atoms with van der Waals surface area (Å²) in [6.07, 6.45) is 113. The largest absolute Gasteiger partial charge is 0.472 e. The van der Waals surface area contributed by atoms with Gasteiger partial charge in [0.25, 0.3) is 0 Å². The van der Waals surface area contributed by atoms with Crippen LogP contribution in [0.1, 0.15) is 329 Å². The zero-order valence-electron chi connectivity index (χ0n) is 70.5. The lowest BCUT2D eigenvalue weighted by molar-refractivity contribution is -0.161. The highest BCUT2D eigenvalue weighted by molar-refractivity contribution is 7.47. The fourth-order valence-electron chi connectivity index (χ4n) is 11.2. The van der Waals surface area contributed by atoms with Crippen molar-refractivity contribution in [2.75, 3.05) is 39.6 Å². The minimum Gasteiger partial charge on any atom is -0.463 e. The van der Waals surface area contributed by atoms with Gasteiger partial charge in [0.2, 0.25) is 0 Å². The molecule has 5 atom stereocenters. The number of ether oxygens (including phenoxy) is 3. The molecule has 0 bridgehead atoms. The van der Waals surface area contributed by atoms with E-state index in [1.165, 1.54) is 83.5 Å².